The number of benzene rings is 3. The molecule has 36 heavy (non-hydrogen) atoms. The summed E-state index contributed by atoms with van der Waals surface area (Å²) in [6, 6.07) is 25.6. The van der Waals surface area contributed by atoms with Crippen LogP contribution in [0.3, 0.4) is 0 Å². The van der Waals surface area contributed by atoms with Crippen molar-refractivity contribution in [2.24, 2.45) is 0 Å². The van der Waals surface area contributed by atoms with Crippen LogP contribution in [-0.2, 0) is 11.2 Å². The molecule has 1 fully saturated rings. The average molecular weight is 499 g/mol. The van der Waals surface area contributed by atoms with Gasteiger partial charge < -0.3 is 19.7 Å². The zero-order valence-electron chi connectivity index (χ0n) is 20.6. The van der Waals surface area contributed by atoms with E-state index in [1.807, 2.05) is 83.8 Å². The van der Waals surface area contributed by atoms with E-state index in [0.717, 1.165) is 35.6 Å². The number of thiocarbonyl (C=S) groups is 1. The first-order valence-electron chi connectivity index (χ1n) is 11.9. The second kappa shape index (κ2) is 12.2. The highest BCUT2D eigenvalue weighted by Gasteiger charge is 2.27. The molecule has 0 aliphatic carbocycles. The maximum absolute atomic E-state index is 13.5. The van der Waals surface area contributed by atoms with Crippen LogP contribution in [0, 0.1) is 0 Å². The van der Waals surface area contributed by atoms with E-state index in [9.17, 15) is 4.79 Å². The molecular formula is C30H30N2O3S. The number of carbonyl (C=O) groups is 1. The van der Waals surface area contributed by atoms with E-state index in [2.05, 4.69) is 17.4 Å². The zero-order chi connectivity index (χ0) is 25.3. The molecule has 1 heterocycles. The summed E-state index contributed by atoms with van der Waals surface area (Å²) in [6.07, 6.45) is 4.74. The van der Waals surface area contributed by atoms with Gasteiger partial charge in [-0.05, 0) is 71.7 Å². The molecule has 1 aliphatic rings. The van der Waals surface area contributed by atoms with E-state index in [-0.39, 0.29) is 5.78 Å². The van der Waals surface area contributed by atoms with Crippen LogP contribution in [0.15, 0.2) is 90.0 Å². The highest BCUT2D eigenvalue weighted by Crippen LogP contribution is 2.24. The van der Waals surface area contributed by atoms with Crippen LogP contribution in [0.4, 0.5) is 0 Å². The summed E-state index contributed by atoms with van der Waals surface area (Å²) in [6.45, 7) is 1.62. The van der Waals surface area contributed by atoms with E-state index in [4.69, 9.17) is 21.7 Å². The topological polar surface area (TPSA) is 50.8 Å². The van der Waals surface area contributed by atoms with E-state index in [0.29, 0.717) is 29.3 Å². The van der Waals surface area contributed by atoms with Crippen LogP contribution < -0.4 is 14.8 Å². The summed E-state index contributed by atoms with van der Waals surface area (Å²) < 4.78 is 10.5. The first kappa shape index (κ1) is 25.2. The van der Waals surface area contributed by atoms with E-state index in [1.54, 1.807) is 14.2 Å². The monoisotopic (exact) mass is 498 g/mol. The number of methoxy groups -OCH3 is 2. The number of hydrogen-bond acceptors (Lipinski definition) is 4. The number of Topliss-reactive ketones (excluding diaryl/α,β-unsaturated/α-hetero) is 1. The smallest absolute Gasteiger partial charge is 0.188 e. The quantitative estimate of drug-likeness (QED) is 0.358. The number of hydrogen-bond donors (Lipinski definition) is 1. The number of likely N-dealkylation sites (tertiary alicyclic amines) is 1. The van der Waals surface area contributed by atoms with Crippen molar-refractivity contribution in [3.05, 3.63) is 107 Å². The predicted octanol–water partition coefficient (Wildman–Crippen LogP) is 5.17. The highest BCUT2D eigenvalue weighted by molar-refractivity contribution is 7.80. The summed E-state index contributed by atoms with van der Waals surface area (Å²) in [5, 5.41) is 4.01. The van der Waals surface area contributed by atoms with Crippen molar-refractivity contribution in [3.63, 3.8) is 0 Å². The minimum atomic E-state index is 0.0324. The Hall–Kier alpha value is -3.90. The van der Waals surface area contributed by atoms with Crippen LogP contribution in [-0.4, -0.2) is 49.6 Å². The van der Waals surface area contributed by atoms with Crippen molar-refractivity contribution in [1.29, 1.82) is 0 Å². The van der Waals surface area contributed by atoms with Gasteiger partial charge in [0.05, 0.1) is 14.2 Å². The molecule has 184 valence electrons. The zero-order valence-corrected chi connectivity index (χ0v) is 21.4. The Bertz CT molecular complexity index is 1180. The minimum absolute atomic E-state index is 0.0324. The first-order valence-corrected chi connectivity index (χ1v) is 12.3. The summed E-state index contributed by atoms with van der Waals surface area (Å²) in [5.41, 5.74) is 4.51. The number of nitrogens with zero attached hydrogens (tertiary/aromatic N) is 1. The van der Waals surface area contributed by atoms with Gasteiger partial charge in [0.25, 0.3) is 0 Å². The molecule has 1 saturated heterocycles. The van der Waals surface area contributed by atoms with Gasteiger partial charge in [-0.15, -0.1) is 0 Å². The molecule has 0 bridgehead atoms. The van der Waals surface area contributed by atoms with E-state index >= 15 is 0 Å². The van der Waals surface area contributed by atoms with Crippen molar-refractivity contribution < 1.29 is 14.3 Å². The predicted molar refractivity (Wildman–Crippen MR) is 149 cm³/mol. The van der Waals surface area contributed by atoms with Crippen LogP contribution in [0.2, 0.25) is 0 Å². The number of carbonyl (C=O) groups excluding carboxylic acids is 1. The van der Waals surface area contributed by atoms with Gasteiger partial charge in [0, 0.05) is 30.8 Å². The lowest BCUT2D eigenvalue weighted by molar-refractivity contribution is -0.113. The van der Waals surface area contributed by atoms with Gasteiger partial charge in [-0.2, -0.15) is 0 Å². The molecule has 0 spiro atoms. The Morgan fingerprint density at radius 3 is 1.81 bits per heavy atom. The van der Waals surface area contributed by atoms with Gasteiger partial charge in [0.1, 0.15) is 11.5 Å². The Labute approximate surface area is 218 Å². The van der Waals surface area contributed by atoms with E-state index in [1.165, 1.54) is 5.56 Å². The first-order chi connectivity index (χ1) is 17.6. The molecule has 0 amide bonds. The second-order valence-electron chi connectivity index (χ2n) is 8.54. The molecule has 1 aliphatic heterocycles. The standard InChI is InChI=1S/C30H30N2O3S/c1-34-27-12-8-23(9-13-27)18-25-20-32(30(36)31-17-16-22-6-4-3-5-7-22)21-26(29(25)33)19-24-10-14-28(35-2)15-11-24/h3-15,18-19H,16-17,20-21H2,1-2H3,(H,31,36)/b25-18+,26-19+. The number of piperidine rings is 1. The van der Waals surface area contributed by atoms with E-state index < -0.39 is 0 Å². The third kappa shape index (κ3) is 6.61. The van der Waals surface area contributed by atoms with Crippen molar-refractivity contribution in [2.45, 2.75) is 6.42 Å². The molecule has 0 atom stereocenters. The molecule has 4 rings (SSSR count). The average Bonchev–Trinajstić information content (AvgIpc) is 2.92. The largest absolute Gasteiger partial charge is 0.497 e. The fraction of sp³-hybridized carbons (Fsp3) is 0.200. The molecule has 0 radical (unpaired) electrons. The van der Waals surface area contributed by atoms with Crippen molar-refractivity contribution in [2.75, 3.05) is 33.9 Å². The Kier molecular flexibility index (Phi) is 8.53. The maximum atomic E-state index is 13.5. The maximum Gasteiger partial charge on any atom is 0.188 e. The lowest BCUT2D eigenvalue weighted by atomic mass is 9.94. The van der Waals surface area contributed by atoms with Crippen LogP contribution in [0.5, 0.6) is 11.5 Å². The van der Waals surface area contributed by atoms with Gasteiger partial charge in [0.15, 0.2) is 10.9 Å². The SMILES string of the molecule is COc1ccc(/C=C2\CN(C(=S)NCCc3ccccc3)C/C(=C\c3ccc(OC)cc3)C2=O)cc1. The van der Waals surface area contributed by atoms with Crippen molar-refractivity contribution >= 4 is 35.3 Å². The fourth-order valence-corrected chi connectivity index (χ4v) is 4.29. The van der Waals surface area contributed by atoms with Gasteiger partial charge in [-0.1, -0.05) is 54.6 Å². The van der Waals surface area contributed by atoms with Crippen molar-refractivity contribution in [3.8, 4) is 11.5 Å². The second-order valence-corrected chi connectivity index (χ2v) is 8.92. The van der Waals surface area contributed by atoms with Crippen LogP contribution in [0.1, 0.15) is 16.7 Å². The summed E-state index contributed by atoms with van der Waals surface area (Å²) in [7, 11) is 3.27. The van der Waals surface area contributed by atoms with Gasteiger partial charge >= 0.3 is 0 Å². The van der Waals surface area contributed by atoms with Gasteiger partial charge in [-0.25, -0.2) is 0 Å². The summed E-state index contributed by atoms with van der Waals surface area (Å²) in [4.78, 5) is 15.5. The number of ether oxygens (including phenoxy) is 2. The lowest BCUT2D eigenvalue weighted by Gasteiger charge is -2.32. The Morgan fingerprint density at radius 2 is 1.33 bits per heavy atom. The molecule has 3 aromatic carbocycles. The number of ketones is 1. The Morgan fingerprint density at radius 1 is 0.833 bits per heavy atom. The van der Waals surface area contributed by atoms with Crippen LogP contribution >= 0.6 is 12.2 Å². The van der Waals surface area contributed by atoms with Crippen LogP contribution in [0.25, 0.3) is 12.2 Å². The summed E-state index contributed by atoms with van der Waals surface area (Å²) >= 11 is 5.74. The molecule has 0 unspecified atom stereocenters. The minimum Gasteiger partial charge on any atom is -0.497 e. The molecule has 6 heteroatoms. The van der Waals surface area contributed by atoms with Gasteiger partial charge in [-0.3, -0.25) is 4.79 Å². The fourth-order valence-electron chi connectivity index (χ4n) is 4.06. The molecule has 3 aromatic rings. The number of nitrogens with one attached hydrogen (secondary N) is 1. The molecular weight excluding hydrogens is 468 g/mol. The number of rotatable bonds is 7. The highest BCUT2D eigenvalue weighted by atomic mass is 32.1. The molecule has 1 N–H and O–H groups in total. The third-order valence-electron chi connectivity index (χ3n) is 6.04. The summed E-state index contributed by atoms with van der Waals surface area (Å²) in [5.74, 6) is 1.58. The van der Waals surface area contributed by atoms with Gasteiger partial charge in [0.2, 0.25) is 0 Å². The Balaban J connectivity index is 1.55. The lowest BCUT2D eigenvalue weighted by Crippen LogP contribution is -2.46. The third-order valence-corrected chi connectivity index (χ3v) is 6.44. The normalized spacial score (nSPS) is 15.7. The molecule has 0 saturated carbocycles. The molecule has 5 nitrogen and oxygen atoms in total. The van der Waals surface area contributed by atoms with Crippen molar-refractivity contribution in [1.82, 2.24) is 10.2 Å². The molecule has 0 aromatic heterocycles.